The first-order valence-corrected chi connectivity index (χ1v) is 4.80. The van der Waals surface area contributed by atoms with Gasteiger partial charge in [0.15, 0.2) is 11.5 Å². The molecule has 2 N–H and O–H groups in total. The lowest BCUT2D eigenvalue weighted by Crippen LogP contribution is -2.04. The monoisotopic (exact) mass is 208 g/mol. The highest BCUT2D eigenvalue weighted by Crippen LogP contribution is 2.41. The molecule has 4 nitrogen and oxygen atoms in total. The van der Waals surface area contributed by atoms with Gasteiger partial charge in [0.1, 0.15) is 6.10 Å². The maximum Gasteiger partial charge on any atom is 0.306 e. The molecule has 15 heavy (non-hydrogen) atoms. The van der Waals surface area contributed by atoms with Gasteiger partial charge in [-0.05, 0) is 6.07 Å². The summed E-state index contributed by atoms with van der Waals surface area (Å²) in [6.07, 6.45) is -0.107. The van der Waals surface area contributed by atoms with E-state index in [1.54, 1.807) is 12.1 Å². The molecule has 2 rings (SSSR count). The summed E-state index contributed by atoms with van der Waals surface area (Å²) < 4.78 is 5.09. The van der Waals surface area contributed by atoms with Gasteiger partial charge in [0, 0.05) is 11.5 Å². The Morgan fingerprint density at radius 3 is 2.73 bits per heavy atom. The van der Waals surface area contributed by atoms with Gasteiger partial charge in [-0.3, -0.25) is 4.79 Å². The highest BCUT2D eigenvalue weighted by atomic mass is 16.6. The first-order chi connectivity index (χ1) is 7.09. The van der Waals surface area contributed by atoms with E-state index in [1.165, 1.54) is 6.07 Å². The molecule has 0 saturated carbocycles. The number of carbonyl (C=O) groups is 1. The molecule has 1 aliphatic heterocycles. The Hall–Kier alpha value is -1.71. The first-order valence-electron chi connectivity index (χ1n) is 4.80. The van der Waals surface area contributed by atoms with Crippen LogP contribution in [-0.4, -0.2) is 16.2 Å². The minimum absolute atomic E-state index is 0.0187. The molecule has 0 unspecified atom stereocenters. The van der Waals surface area contributed by atoms with Gasteiger partial charge in [0.25, 0.3) is 0 Å². The van der Waals surface area contributed by atoms with Crippen LogP contribution < -0.4 is 0 Å². The third-order valence-electron chi connectivity index (χ3n) is 2.62. The lowest BCUT2D eigenvalue weighted by molar-refractivity contribution is -0.141. The smallest absolute Gasteiger partial charge is 0.306 e. The minimum atomic E-state index is -0.454. The van der Waals surface area contributed by atoms with Crippen LogP contribution in [0.3, 0.4) is 0 Å². The van der Waals surface area contributed by atoms with Crippen LogP contribution in [-0.2, 0) is 9.53 Å². The SMILES string of the molecule is C[C@H]1CC(=O)O[C@H]1c1cccc(O)c1O. The van der Waals surface area contributed by atoms with Gasteiger partial charge >= 0.3 is 5.97 Å². The topological polar surface area (TPSA) is 66.8 Å². The molecule has 0 spiro atoms. The van der Waals surface area contributed by atoms with Crippen molar-refractivity contribution in [2.45, 2.75) is 19.4 Å². The predicted molar refractivity (Wildman–Crippen MR) is 52.4 cm³/mol. The van der Waals surface area contributed by atoms with Crippen molar-refractivity contribution >= 4 is 5.97 Å². The van der Waals surface area contributed by atoms with Gasteiger partial charge in [-0.1, -0.05) is 19.1 Å². The minimum Gasteiger partial charge on any atom is -0.504 e. The zero-order valence-corrected chi connectivity index (χ0v) is 8.30. The van der Waals surface area contributed by atoms with E-state index >= 15 is 0 Å². The van der Waals surface area contributed by atoms with Gasteiger partial charge in [-0.2, -0.15) is 0 Å². The lowest BCUT2D eigenvalue weighted by atomic mass is 9.96. The van der Waals surface area contributed by atoms with E-state index in [2.05, 4.69) is 0 Å². The number of para-hydroxylation sites is 1. The number of phenols is 2. The highest BCUT2D eigenvalue weighted by molar-refractivity contribution is 5.72. The number of rotatable bonds is 1. The van der Waals surface area contributed by atoms with Gasteiger partial charge in [-0.25, -0.2) is 0 Å². The molecular weight excluding hydrogens is 196 g/mol. The Bertz CT molecular complexity index is 400. The number of esters is 1. The Kier molecular flexibility index (Phi) is 2.26. The van der Waals surface area contributed by atoms with Gasteiger partial charge < -0.3 is 14.9 Å². The molecule has 0 aliphatic carbocycles. The number of benzene rings is 1. The van der Waals surface area contributed by atoms with E-state index in [-0.39, 0.29) is 23.4 Å². The number of carbonyl (C=O) groups excluding carboxylic acids is 1. The Balaban J connectivity index is 2.37. The Morgan fingerprint density at radius 1 is 1.40 bits per heavy atom. The fourth-order valence-corrected chi connectivity index (χ4v) is 1.82. The fourth-order valence-electron chi connectivity index (χ4n) is 1.82. The average molecular weight is 208 g/mol. The van der Waals surface area contributed by atoms with E-state index < -0.39 is 6.10 Å². The molecule has 2 atom stereocenters. The fraction of sp³-hybridized carbons (Fsp3) is 0.364. The normalized spacial score (nSPS) is 25.3. The molecular formula is C11H12O4. The van der Waals surface area contributed by atoms with E-state index in [0.29, 0.717) is 12.0 Å². The summed E-state index contributed by atoms with van der Waals surface area (Å²) in [6, 6.07) is 4.65. The molecule has 1 aliphatic rings. The van der Waals surface area contributed by atoms with E-state index in [9.17, 15) is 15.0 Å². The molecule has 4 heteroatoms. The van der Waals surface area contributed by atoms with Crippen LogP contribution in [0, 0.1) is 5.92 Å². The van der Waals surface area contributed by atoms with Gasteiger partial charge in [0.05, 0.1) is 6.42 Å². The molecule has 1 aromatic carbocycles. The van der Waals surface area contributed by atoms with Crippen molar-refractivity contribution in [1.82, 2.24) is 0 Å². The quantitative estimate of drug-likeness (QED) is 0.544. The number of phenolic OH excluding ortho intramolecular Hbond substituents is 2. The highest BCUT2D eigenvalue weighted by Gasteiger charge is 2.34. The summed E-state index contributed by atoms with van der Waals surface area (Å²) in [5.74, 6) is -0.646. The van der Waals surface area contributed by atoms with Crippen molar-refractivity contribution in [3.8, 4) is 11.5 Å². The van der Waals surface area contributed by atoms with E-state index in [1.807, 2.05) is 6.92 Å². The molecule has 0 bridgehead atoms. The molecule has 1 saturated heterocycles. The van der Waals surface area contributed by atoms with Crippen LogP contribution in [0.1, 0.15) is 25.0 Å². The van der Waals surface area contributed by atoms with Crippen molar-refractivity contribution in [1.29, 1.82) is 0 Å². The van der Waals surface area contributed by atoms with Crippen molar-refractivity contribution in [3.05, 3.63) is 23.8 Å². The second kappa shape index (κ2) is 3.46. The van der Waals surface area contributed by atoms with E-state index in [4.69, 9.17) is 4.74 Å². The van der Waals surface area contributed by atoms with Gasteiger partial charge in [-0.15, -0.1) is 0 Å². The number of cyclic esters (lactones) is 1. The second-order valence-corrected chi connectivity index (χ2v) is 3.81. The van der Waals surface area contributed by atoms with Crippen LogP contribution in [0.15, 0.2) is 18.2 Å². The number of hydrogen-bond acceptors (Lipinski definition) is 4. The third-order valence-corrected chi connectivity index (χ3v) is 2.62. The van der Waals surface area contributed by atoms with Crippen molar-refractivity contribution in [2.24, 2.45) is 5.92 Å². The molecule has 0 radical (unpaired) electrons. The molecule has 0 amide bonds. The lowest BCUT2D eigenvalue weighted by Gasteiger charge is -2.15. The molecule has 0 aromatic heterocycles. The average Bonchev–Trinajstić information content (AvgIpc) is 2.50. The summed E-state index contributed by atoms with van der Waals surface area (Å²) in [5, 5.41) is 18.9. The number of aromatic hydroxyl groups is 2. The Labute approximate surface area is 87.1 Å². The summed E-state index contributed by atoms with van der Waals surface area (Å²) in [4.78, 5) is 11.1. The van der Waals surface area contributed by atoms with E-state index in [0.717, 1.165) is 0 Å². The third kappa shape index (κ3) is 1.63. The van der Waals surface area contributed by atoms with Crippen LogP contribution in [0.5, 0.6) is 11.5 Å². The van der Waals surface area contributed by atoms with Crippen LogP contribution in [0.4, 0.5) is 0 Å². The van der Waals surface area contributed by atoms with Crippen molar-refractivity contribution < 1.29 is 19.7 Å². The van der Waals surface area contributed by atoms with Crippen LogP contribution in [0.25, 0.3) is 0 Å². The first kappa shape index (κ1) is 9.83. The molecule has 1 fully saturated rings. The molecule has 1 heterocycles. The second-order valence-electron chi connectivity index (χ2n) is 3.81. The molecule has 80 valence electrons. The number of hydrogen-bond donors (Lipinski definition) is 2. The summed E-state index contributed by atoms with van der Waals surface area (Å²) in [5.41, 5.74) is 0.466. The summed E-state index contributed by atoms with van der Waals surface area (Å²) in [6.45, 7) is 1.87. The number of ether oxygens (including phenoxy) is 1. The predicted octanol–water partition coefficient (Wildman–Crippen LogP) is 1.72. The summed E-state index contributed by atoms with van der Waals surface area (Å²) in [7, 11) is 0. The van der Waals surface area contributed by atoms with Crippen molar-refractivity contribution in [2.75, 3.05) is 0 Å². The maximum absolute atomic E-state index is 11.1. The van der Waals surface area contributed by atoms with Crippen LogP contribution in [0.2, 0.25) is 0 Å². The maximum atomic E-state index is 11.1. The van der Waals surface area contributed by atoms with Crippen LogP contribution >= 0.6 is 0 Å². The largest absolute Gasteiger partial charge is 0.504 e. The zero-order chi connectivity index (χ0) is 11.0. The standard InChI is InChI=1S/C11H12O4/c1-6-5-9(13)15-11(6)7-3-2-4-8(12)10(7)14/h2-4,6,11-12,14H,5H2,1H3/t6-,11+/m0/s1. The van der Waals surface area contributed by atoms with Gasteiger partial charge in [0.2, 0.25) is 0 Å². The Morgan fingerprint density at radius 2 is 2.13 bits per heavy atom. The molecule has 1 aromatic rings. The zero-order valence-electron chi connectivity index (χ0n) is 8.30. The van der Waals surface area contributed by atoms with Crippen molar-refractivity contribution in [3.63, 3.8) is 0 Å². The summed E-state index contributed by atoms with van der Waals surface area (Å²) >= 11 is 0.